The average molecular weight is 356 g/mol. The number of hydrogen-bond donors (Lipinski definition) is 0. The summed E-state index contributed by atoms with van der Waals surface area (Å²) < 4.78 is 7.28. The Morgan fingerprint density at radius 1 is 0.885 bits per heavy atom. The minimum Gasteiger partial charge on any atom is -0.378 e. The molecule has 4 heterocycles. The zero-order chi connectivity index (χ0) is 17.8. The molecule has 0 radical (unpaired) electrons. The average Bonchev–Trinajstić information content (AvgIpc) is 3.22. The fourth-order valence-electron chi connectivity index (χ4n) is 3.36. The van der Waals surface area contributed by atoms with Gasteiger partial charge in [0.05, 0.1) is 13.2 Å². The van der Waals surface area contributed by atoms with Crippen molar-refractivity contribution in [1.29, 1.82) is 0 Å². The molecule has 2 aliphatic rings. The third-order valence-electron chi connectivity index (χ3n) is 4.91. The number of morpholine rings is 1. The molecule has 0 aliphatic carbocycles. The van der Waals surface area contributed by atoms with Gasteiger partial charge in [0.1, 0.15) is 6.54 Å². The lowest BCUT2D eigenvalue weighted by Crippen LogP contribution is -2.49. The van der Waals surface area contributed by atoms with Crippen LogP contribution in [0.5, 0.6) is 0 Å². The Bertz CT molecular complexity index is 704. The second-order valence-electron chi connectivity index (χ2n) is 6.57. The molecule has 2 aromatic heterocycles. The van der Waals surface area contributed by atoms with E-state index in [4.69, 9.17) is 4.74 Å². The highest BCUT2D eigenvalue weighted by Crippen LogP contribution is 2.17. The summed E-state index contributed by atoms with van der Waals surface area (Å²) in [7, 11) is 0. The van der Waals surface area contributed by atoms with Gasteiger partial charge in [-0.3, -0.25) is 4.79 Å². The molecule has 2 fully saturated rings. The van der Waals surface area contributed by atoms with Crippen molar-refractivity contribution < 1.29 is 9.53 Å². The van der Waals surface area contributed by atoms with Gasteiger partial charge in [0.15, 0.2) is 11.6 Å². The molecule has 0 unspecified atom stereocenters. The van der Waals surface area contributed by atoms with Crippen molar-refractivity contribution in [1.82, 2.24) is 19.7 Å². The molecular formula is C18H24N6O2. The Morgan fingerprint density at radius 2 is 1.46 bits per heavy atom. The summed E-state index contributed by atoms with van der Waals surface area (Å²) in [5.41, 5.74) is 0. The third-order valence-corrected chi connectivity index (χ3v) is 4.91. The fraction of sp³-hybridized carbons (Fsp3) is 0.500. The van der Waals surface area contributed by atoms with Crippen LogP contribution in [0.4, 0.5) is 11.6 Å². The molecule has 4 rings (SSSR count). The van der Waals surface area contributed by atoms with E-state index in [1.54, 1.807) is 0 Å². The fourth-order valence-corrected chi connectivity index (χ4v) is 3.36. The molecule has 26 heavy (non-hydrogen) atoms. The molecule has 2 saturated heterocycles. The molecule has 0 spiro atoms. The summed E-state index contributed by atoms with van der Waals surface area (Å²) in [6.45, 7) is 6.59. The number of anilines is 2. The number of rotatable bonds is 4. The van der Waals surface area contributed by atoms with E-state index in [-0.39, 0.29) is 5.91 Å². The van der Waals surface area contributed by atoms with Gasteiger partial charge in [-0.1, -0.05) is 0 Å². The monoisotopic (exact) mass is 356 g/mol. The van der Waals surface area contributed by atoms with Crippen molar-refractivity contribution in [2.24, 2.45) is 0 Å². The van der Waals surface area contributed by atoms with E-state index in [1.165, 1.54) is 0 Å². The molecule has 8 heteroatoms. The van der Waals surface area contributed by atoms with Crippen LogP contribution >= 0.6 is 0 Å². The summed E-state index contributed by atoms with van der Waals surface area (Å²) in [5.74, 6) is 1.94. The molecule has 0 N–H and O–H groups in total. The van der Waals surface area contributed by atoms with E-state index in [2.05, 4.69) is 20.0 Å². The van der Waals surface area contributed by atoms with Gasteiger partial charge in [-0.05, 0) is 24.3 Å². The maximum absolute atomic E-state index is 12.4. The van der Waals surface area contributed by atoms with Crippen molar-refractivity contribution in [2.45, 2.75) is 6.54 Å². The summed E-state index contributed by atoms with van der Waals surface area (Å²) >= 11 is 0. The van der Waals surface area contributed by atoms with Gasteiger partial charge in [-0.15, -0.1) is 10.2 Å². The van der Waals surface area contributed by atoms with E-state index < -0.39 is 0 Å². The van der Waals surface area contributed by atoms with Gasteiger partial charge < -0.3 is 24.0 Å². The van der Waals surface area contributed by atoms with Crippen LogP contribution in [0, 0.1) is 0 Å². The van der Waals surface area contributed by atoms with Crippen LogP contribution in [0.3, 0.4) is 0 Å². The van der Waals surface area contributed by atoms with Crippen LogP contribution in [0.25, 0.3) is 0 Å². The highest BCUT2D eigenvalue weighted by Gasteiger charge is 2.22. The first-order valence-corrected chi connectivity index (χ1v) is 9.09. The maximum Gasteiger partial charge on any atom is 0.242 e. The number of ether oxygens (including phenoxy) is 1. The lowest BCUT2D eigenvalue weighted by Gasteiger charge is -2.35. The Kier molecular flexibility index (Phi) is 5.01. The third kappa shape index (κ3) is 3.80. The van der Waals surface area contributed by atoms with Crippen molar-refractivity contribution in [3.05, 3.63) is 36.7 Å². The first-order valence-electron chi connectivity index (χ1n) is 9.09. The molecule has 0 bridgehead atoms. The minimum atomic E-state index is 0.162. The summed E-state index contributed by atoms with van der Waals surface area (Å²) in [4.78, 5) is 18.7. The van der Waals surface area contributed by atoms with Crippen molar-refractivity contribution in [2.75, 3.05) is 62.3 Å². The second kappa shape index (κ2) is 7.74. The van der Waals surface area contributed by atoms with Gasteiger partial charge in [0, 0.05) is 51.7 Å². The molecule has 0 atom stereocenters. The Morgan fingerprint density at radius 3 is 2.04 bits per heavy atom. The second-order valence-corrected chi connectivity index (χ2v) is 6.57. The van der Waals surface area contributed by atoms with E-state index >= 15 is 0 Å². The Hall–Kier alpha value is -2.61. The topological polar surface area (TPSA) is 66.7 Å². The van der Waals surface area contributed by atoms with Crippen LogP contribution in [-0.4, -0.2) is 78.1 Å². The summed E-state index contributed by atoms with van der Waals surface area (Å²) in [6, 6.07) is 7.92. The predicted octanol–water partition coefficient (Wildman–Crippen LogP) is 0.464. The van der Waals surface area contributed by atoms with E-state index in [0.29, 0.717) is 19.6 Å². The van der Waals surface area contributed by atoms with Crippen LogP contribution in [0.2, 0.25) is 0 Å². The molecule has 2 aliphatic heterocycles. The lowest BCUT2D eigenvalue weighted by molar-refractivity contribution is -0.132. The molecule has 138 valence electrons. The van der Waals surface area contributed by atoms with Gasteiger partial charge in [-0.25, -0.2) is 0 Å². The summed E-state index contributed by atoms with van der Waals surface area (Å²) in [6.07, 6.45) is 3.83. The molecule has 1 amide bonds. The first-order chi connectivity index (χ1) is 12.8. The highest BCUT2D eigenvalue weighted by atomic mass is 16.5. The van der Waals surface area contributed by atoms with Crippen molar-refractivity contribution in [3.63, 3.8) is 0 Å². The van der Waals surface area contributed by atoms with Gasteiger partial charge in [-0.2, -0.15) is 0 Å². The number of aromatic nitrogens is 3. The van der Waals surface area contributed by atoms with E-state index in [1.807, 2.05) is 46.1 Å². The number of hydrogen-bond acceptors (Lipinski definition) is 6. The van der Waals surface area contributed by atoms with Crippen LogP contribution in [-0.2, 0) is 16.1 Å². The maximum atomic E-state index is 12.4. The van der Waals surface area contributed by atoms with Gasteiger partial charge in [0.25, 0.3) is 0 Å². The lowest BCUT2D eigenvalue weighted by atomic mass is 10.3. The molecular weight excluding hydrogens is 332 g/mol. The molecule has 0 saturated carbocycles. The molecule has 8 nitrogen and oxygen atoms in total. The Labute approximate surface area is 153 Å². The van der Waals surface area contributed by atoms with Gasteiger partial charge in [0.2, 0.25) is 5.91 Å². The zero-order valence-electron chi connectivity index (χ0n) is 14.8. The van der Waals surface area contributed by atoms with Crippen LogP contribution < -0.4 is 9.80 Å². The predicted molar refractivity (Wildman–Crippen MR) is 98.3 cm³/mol. The summed E-state index contributed by atoms with van der Waals surface area (Å²) in [5, 5.41) is 8.77. The smallest absolute Gasteiger partial charge is 0.242 e. The zero-order valence-corrected chi connectivity index (χ0v) is 14.8. The highest BCUT2D eigenvalue weighted by molar-refractivity contribution is 5.76. The molecule has 2 aromatic rings. The number of nitrogens with zero attached hydrogens (tertiary/aromatic N) is 6. The standard InChI is InChI=1S/C18H24N6O2/c25-18(15-21-5-1-2-6-21)24-9-7-22(8-10-24)16-3-4-17(20-19-16)23-11-13-26-14-12-23/h1-6H,7-15H2. The van der Waals surface area contributed by atoms with E-state index in [0.717, 1.165) is 51.0 Å². The normalized spacial score (nSPS) is 18.2. The SMILES string of the molecule is O=C(Cn1cccc1)N1CCN(c2ccc(N3CCOCC3)nn2)CC1. The number of carbonyl (C=O) groups is 1. The number of piperazine rings is 1. The van der Waals surface area contributed by atoms with Crippen LogP contribution in [0.15, 0.2) is 36.7 Å². The number of amides is 1. The van der Waals surface area contributed by atoms with Crippen molar-refractivity contribution >= 4 is 17.5 Å². The quantitative estimate of drug-likeness (QED) is 0.793. The van der Waals surface area contributed by atoms with Gasteiger partial charge >= 0.3 is 0 Å². The largest absolute Gasteiger partial charge is 0.378 e. The minimum absolute atomic E-state index is 0.162. The van der Waals surface area contributed by atoms with E-state index in [9.17, 15) is 4.79 Å². The molecule has 0 aromatic carbocycles. The first kappa shape index (κ1) is 16.8. The Balaban J connectivity index is 1.30. The van der Waals surface area contributed by atoms with Crippen molar-refractivity contribution in [3.8, 4) is 0 Å². The number of carbonyl (C=O) groups excluding carboxylic acids is 1. The van der Waals surface area contributed by atoms with Crippen LogP contribution in [0.1, 0.15) is 0 Å².